The van der Waals surface area contributed by atoms with E-state index in [0.29, 0.717) is 0 Å². The minimum atomic E-state index is 1.24. The predicted molar refractivity (Wildman–Crippen MR) is 41.6 cm³/mol. The van der Waals surface area contributed by atoms with Crippen LogP contribution >= 0.6 is 0 Å². The third-order valence-corrected chi connectivity index (χ3v) is 0.810. The lowest BCUT2D eigenvalue weighted by Crippen LogP contribution is -1.70. The topological polar surface area (TPSA) is 0 Å². The van der Waals surface area contributed by atoms with Crippen molar-refractivity contribution in [3.8, 4) is 0 Å². The van der Waals surface area contributed by atoms with Gasteiger partial charge in [0.05, 0.1) is 0 Å². The normalized spacial score (nSPS) is 12.4. The lowest BCUT2D eigenvalue weighted by molar-refractivity contribution is 1.71. The maximum absolute atomic E-state index is 3.57. The molecule has 0 rings (SSSR count). The molecule has 0 aromatic carbocycles. The molecule has 0 saturated heterocycles. The van der Waals surface area contributed by atoms with Crippen LogP contribution in [-0.2, 0) is 0 Å². The maximum Gasteiger partial charge on any atom is 0.139 e. The van der Waals surface area contributed by atoms with Gasteiger partial charge >= 0.3 is 0 Å². The Hall–Kier alpha value is -0.715. The third-order valence-electron chi connectivity index (χ3n) is 0.810. The molecule has 0 aromatic heterocycles. The Bertz CT molecular complexity index is 120. The number of rotatable bonds is 2. The predicted octanol–water partition coefficient (Wildman–Crippen LogP) is 1.27. The molecule has 0 radical (unpaired) electrons. The van der Waals surface area contributed by atoms with E-state index in [0.717, 1.165) is 0 Å². The highest BCUT2D eigenvalue weighted by Gasteiger charge is 1.72. The Morgan fingerprint density at radius 3 is 2.62 bits per heavy atom. The SMILES string of the molecule is BC(/C=C\C)=C/C=C. The zero-order valence-corrected chi connectivity index (χ0v) is 5.52. The lowest BCUT2D eigenvalue weighted by atomic mass is 9.95. The molecule has 1 heteroatoms. The van der Waals surface area contributed by atoms with E-state index < -0.39 is 0 Å². The van der Waals surface area contributed by atoms with E-state index in [2.05, 4.69) is 6.58 Å². The average Bonchev–Trinajstić information content (AvgIpc) is 1.68. The third kappa shape index (κ3) is 3.47. The Labute approximate surface area is 52.0 Å². The lowest BCUT2D eigenvalue weighted by Gasteiger charge is -1.82. The summed E-state index contributed by atoms with van der Waals surface area (Å²) in [6.45, 7) is 5.57. The molecular formula is C7H11B. The second-order valence-electron chi connectivity index (χ2n) is 1.65. The van der Waals surface area contributed by atoms with Crippen LogP contribution in [0.3, 0.4) is 0 Å². The van der Waals surface area contributed by atoms with E-state index in [1.165, 1.54) is 5.47 Å². The summed E-state index contributed by atoms with van der Waals surface area (Å²) in [6, 6.07) is 0. The molecule has 0 aliphatic heterocycles. The molecule has 0 bridgehead atoms. The minimum Gasteiger partial charge on any atom is -0.0991 e. The van der Waals surface area contributed by atoms with Crippen LogP contribution in [0.1, 0.15) is 6.92 Å². The molecule has 0 aliphatic rings. The summed E-state index contributed by atoms with van der Waals surface area (Å²) in [4.78, 5) is 0. The van der Waals surface area contributed by atoms with Gasteiger partial charge in [0.2, 0.25) is 0 Å². The minimum absolute atomic E-state index is 1.24. The van der Waals surface area contributed by atoms with E-state index in [4.69, 9.17) is 0 Å². The summed E-state index contributed by atoms with van der Waals surface area (Å²) in [7, 11) is 2.04. The molecule has 0 aliphatic carbocycles. The van der Waals surface area contributed by atoms with Crippen molar-refractivity contribution in [3.05, 3.63) is 36.4 Å². The first-order chi connectivity index (χ1) is 3.81. The molecule has 0 unspecified atom stereocenters. The van der Waals surface area contributed by atoms with Crippen LogP contribution in [0.4, 0.5) is 0 Å². The summed E-state index contributed by atoms with van der Waals surface area (Å²) in [6.07, 6.45) is 7.81. The van der Waals surface area contributed by atoms with Crippen molar-refractivity contribution >= 4 is 7.85 Å². The number of hydrogen-bond acceptors (Lipinski definition) is 0. The fraction of sp³-hybridized carbons (Fsp3) is 0.143. The summed E-state index contributed by atoms with van der Waals surface area (Å²) in [5, 5.41) is 0. The highest BCUT2D eigenvalue weighted by Crippen LogP contribution is 1.88. The maximum atomic E-state index is 3.57. The van der Waals surface area contributed by atoms with Gasteiger partial charge in [-0.1, -0.05) is 36.4 Å². The van der Waals surface area contributed by atoms with Gasteiger partial charge in [0.25, 0.3) is 0 Å². The van der Waals surface area contributed by atoms with Crippen molar-refractivity contribution in [2.75, 3.05) is 0 Å². The van der Waals surface area contributed by atoms with Crippen LogP contribution < -0.4 is 0 Å². The Morgan fingerprint density at radius 2 is 2.25 bits per heavy atom. The van der Waals surface area contributed by atoms with Gasteiger partial charge in [-0.15, -0.1) is 0 Å². The first-order valence-corrected chi connectivity index (χ1v) is 2.73. The van der Waals surface area contributed by atoms with Crippen molar-refractivity contribution in [2.24, 2.45) is 0 Å². The second kappa shape index (κ2) is 4.44. The van der Waals surface area contributed by atoms with Crippen molar-refractivity contribution < 1.29 is 0 Å². The van der Waals surface area contributed by atoms with E-state index in [1.807, 2.05) is 33.0 Å². The van der Waals surface area contributed by atoms with Crippen molar-refractivity contribution in [3.63, 3.8) is 0 Å². The van der Waals surface area contributed by atoms with Crippen molar-refractivity contribution in [1.82, 2.24) is 0 Å². The van der Waals surface area contributed by atoms with Crippen molar-refractivity contribution in [2.45, 2.75) is 6.92 Å². The standard InChI is InChI=1S/C7H11B/c1-3-5-7(8)6-4-2/h3-6H,1,8H2,2H3/b6-4-,7-5+. The molecular weight excluding hydrogens is 94.9 g/mol. The van der Waals surface area contributed by atoms with Crippen LogP contribution in [0.5, 0.6) is 0 Å². The van der Waals surface area contributed by atoms with Gasteiger partial charge in [-0.2, -0.15) is 0 Å². The van der Waals surface area contributed by atoms with Crippen molar-refractivity contribution in [1.29, 1.82) is 0 Å². The Morgan fingerprint density at radius 1 is 1.62 bits per heavy atom. The molecule has 0 nitrogen and oxygen atoms in total. The first-order valence-electron chi connectivity index (χ1n) is 2.73. The molecule has 0 amide bonds. The van der Waals surface area contributed by atoms with Gasteiger partial charge in [0, 0.05) is 0 Å². The summed E-state index contributed by atoms with van der Waals surface area (Å²) in [5.74, 6) is 0. The van der Waals surface area contributed by atoms with Crippen LogP contribution in [0, 0.1) is 0 Å². The van der Waals surface area contributed by atoms with Crippen LogP contribution in [-0.4, -0.2) is 7.85 Å². The van der Waals surface area contributed by atoms with Gasteiger partial charge in [0.15, 0.2) is 0 Å². The zero-order valence-electron chi connectivity index (χ0n) is 5.52. The van der Waals surface area contributed by atoms with Crippen LogP contribution in [0.15, 0.2) is 36.4 Å². The molecule has 0 N–H and O–H groups in total. The monoisotopic (exact) mass is 106 g/mol. The van der Waals surface area contributed by atoms with Gasteiger partial charge in [-0.3, -0.25) is 0 Å². The molecule has 0 aromatic rings. The highest BCUT2D eigenvalue weighted by molar-refractivity contribution is 6.23. The molecule has 8 heavy (non-hydrogen) atoms. The average molecular weight is 106 g/mol. The second-order valence-corrected chi connectivity index (χ2v) is 1.65. The van der Waals surface area contributed by atoms with Gasteiger partial charge in [-0.05, 0) is 6.92 Å². The molecule has 0 fully saturated rings. The first kappa shape index (κ1) is 7.28. The van der Waals surface area contributed by atoms with Crippen LogP contribution in [0.2, 0.25) is 0 Å². The van der Waals surface area contributed by atoms with E-state index in [-0.39, 0.29) is 0 Å². The molecule has 0 heterocycles. The summed E-state index contributed by atoms with van der Waals surface area (Å²) >= 11 is 0. The zero-order chi connectivity index (χ0) is 6.41. The molecule has 0 saturated carbocycles. The van der Waals surface area contributed by atoms with Crippen LogP contribution in [0.25, 0.3) is 0 Å². The summed E-state index contributed by atoms with van der Waals surface area (Å²) < 4.78 is 0. The van der Waals surface area contributed by atoms with Gasteiger partial charge in [0.1, 0.15) is 7.85 Å². The summed E-state index contributed by atoms with van der Waals surface area (Å²) in [5.41, 5.74) is 1.24. The van der Waals surface area contributed by atoms with E-state index in [1.54, 1.807) is 6.08 Å². The van der Waals surface area contributed by atoms with E-state index >= 15 is 0 Å². The Balaban J connectivity index is 3.79. The molecule has 0 atom stereocenters. The largest absolute Gasteiger partial charge is 0.139 e. The quantitative estimate of drug-likeness (QED) is 0.367. The highest BCUT2D eigenvalue weighted by atomic mass is 13.7. The fourth-order valence-electron chi connectivity index (χ4n) is 0.504. The van der Waals surface area contributed by atoms with E-state index in [9.17, 15) is 0 Å². The Kier molecular flexibility index (Phi) is 4.05. The molecule has 42 valence electrons. The molecule has 0 spiro atoms. The fourth-order valence-corrected chi connectivity index (χ4v) is 0.504. The van der Waals surface area contributed by atoms with Gasteiger partial charge in [-0.25, -0.2) is 0 Å². The number of allylic oxidation sites excluding steroid dienone is 5. The number of hydrogen-bond donors (Lipinski definition) is 0. The van der Waals surface area contributed by atoms with Gasteiger partial charge < -0.3 is 0 Å². The smallest absolute Gasteiger partial charge is 0.0991 e.